The Morgan fingerprint density at radius 1 is 1.30 bits per heavy atom. The van der Waals surface area contributed by atoms with Crippen molar-refractivity contribution >= 4 is 39.8 Å². The van der Waals surface area contributed by atoms with Gasteiger partial charge in [-0.3, -0.25) is 14.5 Å². The molecule has 1 heterocycles. The summed E-state index contributed by atoms with van der Waals surface area (Å²) in [6.07, 6.45) is 2.83. The normalized spacial score (nSPS) is 12.9. The third-order valence-electron chi connectivity index (χ3n) is 4.39. The number of amides is 2. The van der Waals surface area contributed by atoms with E-state index in [9.17, 15) is 9.59 Å². The molecule has 0 radical (unpaired) electrons. The van der Waals surface area contributed by atoms with Crippen LogP contribution in [0.1, 0.15) is 27.2 Å². The number of ether oxygens (including phenoxy) is 1. The van der Waals surface area contributed by atoms with Gasteiger partial charge in [-0.25, -0.2) is 0 Å². The van der Waals surface area contributed by atoms with Crippen molar-refractivity contribution in [3.63, 3.8) is 0 Å². The third kappa shape index (κ3) is 5.00. The molecule has 0 spiro atoms. The molecule has 0 bridgehead atoms. The van der Waals surface area contributed by atoms with Crippen molar-refractivity contribution in [2.24, 2.45) is 5.73 Å². The number of rotatable bonds is 8. The number of fused-ring (bicyclic) bond motifs is 1. The van der Waals surface area contributed by atoms with Gasteiger partial charge in [0.25, 0.3) is 5.91 Å². The van der Waals surface area contributed by atoms with Gasteiger partial charge >= 0.3 is 0 Å². The average Bonchev–Trinajstić information content (AvgIpc) is 3.16. The Morgan fingerprint density at radius 2 is 2.04 bits per heavy atom. The van der Waals surface area contributed by atoms with Crippen LogP contribution in [0.25, 0.3) is 0 Å². The van der Waals surface area contributed by atoms with Gasteiger partial charge in [-0.1, -0.05) is 11.6 Å². The summed E-state index contributed by atoms with van der Waals surface area (Å²) in [6.45, 7) is 1.23. The molecule has 3 rings (SSSR count). The maximum Gasteiger partial charge on any atom is 0.251 e. The highest BCUT2D eigenvalue weighted by atomic mass is 35.5. The molecule has 6 nitrogen and oxygen atoms in total. The number of primary amides is 1. The second-order valence-corrected chi connectivity index (χ2v) is 8.06. The highest BCUT2D eigenvalue weighted by Gasteiger charge is 2.26. The highest BCUT2D eigenvalue weighted by Crippen LogP contribution is 2.38. The first kappa shape index (κ1) is 19.7. The first-order valence-electron chi connectivity index (χ1n) is 8.75. The second-order valence-electron chi connectivity index (χ2n) is 6.51. The lowest BCUT2D eigenvalue weighted by molar-refractivity contribution is -0.117. The number of benzene rings is 1. The Morgan fingerprint density at radius 3 is 2.74 bits per heavy atom. The standard InChI is InChI=1S/C19H22ClN3O3S/c1-23(9-10-26-13-7-5-12(20)6-8-13)11-16(24)22-19-17(18(21)25)14-3-2-4-15(14)27-19/h5-8H,2-4,9-11H2,1H3,(H2,21,25)(H,22,24). The SMILES string of the molecule is CN(CCOc1ccc(Cl)cc1)CC(=O)Nc1sc2c(c1C(N)=O)CCC2. The number of nitrogens with two attached hydrogens (primary N) is 1. The van der Waals surface area contributed by atoms with Gasteiger partial charge in [0, 0.05) is 16.4 Å². The minimum atomic E-state index is -0.477. The van der Waals surface area contributed by atoms with E-state index in [1.807, 2.05) is 11.9 Å². The Labute approximate surface area is 167 Å². The van der Waals surface area contributed by atoms with Crippen LogP contribution in [0.2, 0.25) is 5.02 Å². The third-order valence-corrected chi connectivity index (χ3v) is 5.85. The number of hydrogen-bond acceptors (Lipinski definition) is 5. The van der Waals surface area contributed by atoms with Crippen molar-refractivity contribution in [1.82, 2.24) is 4.90 Å². The molecule has 0 fully saturated rings. The molecule has 27 heavy (non-hydrogen) atoms. The summed E-state index contributed by atoms with van der Waals surface area (Å²) in [5.74, 6) is 0.0808. The highest BCUT2D eigenvalue weighted by molar-refractivity contribution is 7.17. The molecule has 1 aliphatic rings. The summed E-state index contributed by atoms with van der Waals surface area (Å²) in [5.41, 5.74) is 7.01. The van der Waals surface area contributed by atoms with Gasteiger partial charge in [-0.2, -0.15) is 0 Å². The molecule has 0 aliphatic heterocycles. The number of nitrogens with zero attached hydrogens (tertiary/aromatic N) is 1. The number of carbonyl (C=O) groups is 2. The number of halogens is 1. The van der Waals surface area contributed by atoms with Crippen LogP contribution in [0.4, 0.5) is 5.00 Å². The molecular weight excluding hydrogens is 386 g/mol. The summed E-state index contributed by atoms with van der Waals surface area (Å²) >= 11 is 7.30. The van der Waals surface area contributed by atoms with E-state index in [2.05, 4.69) is 5.32 Å². The fourth-order valence-electron chi connectivity index (χ4n) is 3.09. The van der Waals surface area contributed by atoms with Crippen molar-refractivity contribution in [2.75, 3.05) is 32.1 Å². The molecule has 1 aromatic heterocycles. The van der Waals surface area contributed by atoms with Crippen molar-refractivity contribution in [3.05, 3.63) is 45.3 Å². The average molecular weight is 408 g/mol. The molecule has 0 saturated carbocycles. The Bertz CT molecular complexity index is 835. The van der Waals surface area contributed by atoms with Crippen LogP contribution < -0.4 is 15.8 Å². The summed E-state index contributed by atoms with van der Waals surface area (Å²) in [6, 6.07) is 7.14. The number of aryl methyl sites for hydroxylation is 1. The smallest absolute Gasteiger partial charge is 0.251 e. The van der Waals surface area contributed by atoms with Gasteiger partial charge in [-0.15, -0.1) is 11.3 Å². The molecule has 2 amide bonds. The lowest BCUT2D eigenvalue weighted by atomic mass is 10.1. The van der Waals surface area contributed by atoms with Gasteiger partial charge in [0.2, 0.25) is 5.91 Å². The van der Waals surface area contributed by atoms with E-state index >= 15 is 0 Å². The van der Waals surface area contributed by atoms with E-state index in [4.69, 9.17) is 22.1 Å². The number of hydrogen-bond donors (Lipinski definition) is 2. The van der Waals surface area contributed by atoms with Gasteiger partial charge in [-0.05, 0) is 56.1 Å². The lowest BCUT2D eigenvalue weighted by Crippen LogP contribution is -2.33. The molecular formula is C19H22ClN3O3S. The van der Waals surface area contributed by atoms with Crippen molar-refractivity contribution in [1.29, 1.82) is 0 Å². The van der Waals surface area contributed by atoms with Crippen LogP contribution in [-0.4, -0.2) is 43.5 Å². The van der Waals surface area contributed by atoms with Crippen LogP contribution in [0.3, 0.4) is 0 Å². The lowest BCUT2D eigenvalue weighted by Gasteiger charge is -2.16. The van der Waals surface area contributed by atoms with Gasteiger partial charge in [0.1, 0.15) is 17.4 Å². The van der Waals surface area contributed by atoms with E-state index in [1.54, 1.807) is 24.3 Å². The molecule has 144 valence electrons. The van der Waals surface area contributed by atoms with Crippen molar-refractivity contribution in [3.8, 4) is 5.75 Å². The van der Waals surface area contributed by atoms with Crippen LogP contribution in [0.15, 0.2) is 24.3 Å². The molecule has 0 unspecified atom stereocenters. The maximum absolute atomic E-state index is 12.3. The zero-order valence-electron chi connectivity index (χ0n) is 15.1. The van der Waals surface area contributed by atoms with Crippen LogP contribution >= 0.6 is 22.9 Å². The fraction of sp³-hybridized carbons (Fsp3) is 0.368. The molecule has 1 aliphatic carbocycles. The summed E-state index contributed by atoms with van der Waals surface area (Å²) in [4.78, 5) is 27.1. The van der Waals surface area contributed by atoms with Gasteiger partial charge in [0.15, 0.2) is 0 Å². The van der Waals surface area contributed by atoms with E-state index in [-0.39, 0.29) is 12.5 Å². The number of thiophene rings is 1. The Hall–Kier alpha value is -2.09. The molecule has 0 saturated heterocycles. The summed E-state index contributed by atoms with van der Waals surface area (Å²) < 4.78 is 5.63. The minimum Gasteiger partial charge on any atom is -0.492 e. The predicted octanol–water partition coefficient (Wildman–Crippen LogP) is 2.94. The number of likely N-dealkylation sites (N-methyl/N-ethyl adjacent to an activating group) is 1. The predicted molar refractivity (Wildman–Crippen MR) is 108 cm³/mol. The van der Waals surface area contributed by atoms with Gasteiger partial charge in [0.05, 0.1) is 12.1 Å². The quantitative estimate of drug-likeness (QED) is 0.704. The summed E-state index contributed by atoms with van der Waals surface area (Å²) in [5, 5.41) is 4.08. The topological polar surface area (TPSA) is 84.7 Å². The first-order valence-corrected chi connectivity index (χ1v) is 9.94. The van der Waals surface area contributed by atoms with Crippen LogP contribution in [-0.2, 0) is 17.6 Å². The molecule has 8 heteroatoms. The molecule has 1 aromatic carbocycles. The first-order chi connectivity index (χ1) is 12.9. The summed E-state index contributed by atoms with van der Waals surface area (Å²) in [7, 11) is 1.84. The largest absolute Gasteiger partial charge is 0.492 e. The van der Waals surface area contributed by atoms with Crippen LogP contribution in [0.5, 0.6) is 5.75 Å². The zero-order valence-corrected chi connectivity index (χ0v) is 16.7. The molecule has 0 atom stereocenters. The maximum atomic E-state index is 12.3. The Balaban J connectivity index is 1.49. The zero-order chi connectivity index (χ0) is 19.4. The van der Waals surface area contributed by atoms with E-state index in [1.165, 1.54) is 11.3 Å². The van der Waals surface area contributed by atoms with E-state index in [0.29, 0.717) is 28.7 Å². The number of nitrogens with one attached hydrogen (secondary N) is 1. The molecule has 3 N–H and O–H groups in total. The van der Waals surface area contributed by atoms with Crippen molar-refractivity contribution in [2.45, 2.75) is 19.3 Å². The van der Waals surface area contributed by atoms with Crippen molar-refractivity contribution < 1.29 is 14.3 Å². The minimum absolute atomic E-state index is 0.175. The second kappa shape index (κ2) is 8.73. The van der Waals surface area contributed by atoms with Gasteiger partial charge < -0.3 is 15.8 Å². The number of anilines is 1. The number of carbonyl (C=O) groups excluding carboxylic acids is 2. The fourth-order valence-corrected chi connectivity index (χ4v) is 4.53. The molecule has 2 aromatic rings. The van der Waals surface area contributed by atoms with Crippen LogP contribution in [0, 0.1) is 0 Å². The van der Waals surface area contributed by atoms with E-state index < -0.39 is 5.91 Å². The monoisotopic (exact) mass is 407 g/mol. The van der Waals surface area contributed by atoms with E-state index in [0.717, 1.165) is 35.5 Å². The Kier molecular flexibility index (Phi) is 6.36.